The van der Waals surface area contributed by atoms with Crippen LogP contribution in [0.3, 0.4) is 0 Å². The van der Waals surface area contributed by atoms with Crippen LogP contribution in [-0.4, -0.2) is 57.1 Å². The molecule has 1 fully saturated rings. The van der Waals surface area contributed by atoms with E-state index in [1.165, 1.54) is 24.3 Å². The third kappa shape index (κ3) is 5.50. The highest BCUT2D eigenvalue weighted by Crippen LogP contribution is 2.34. The molecule has 2 aliphatic rings. The fraction of sp³-hybridized carbons (Fsp3) is 0.429. The van der Waals surface area contributed by atoms with Crippen molar-refractivity contribution < 1.29 is 22.8 Å². The lowest BCUT2D eigenvalue weighted by Gasteiger charge is -2.35. The number of sulfonamides is 1. The molecule has 2 heterocycles. The number of nitrogens with one attached hydrogen (secondary N) is 1. The van der Waals surface area contributed by atoms with Crippen molar-refractivity contribution in [3.05, 3.63) is 57.6 Å². The fourth-order valence-corrected chi connectivity index (χ4v) is 5.18. The summed E-state index contributed by atoms with van der Waals surface area (Å²) < 4.78 is 39.4. The number of nitro groups is 1. The summed E-state index contributed by atoms with van der Waals surface area (Å²) in [4.78, 5) is 12.5. The van der Waals surface area contributed by atoms with Gasteiger partial charge < -0.3 is 9.47 Å². The number of ether oxygens (including phenoxy) is 2. The van der Waals surface area contributed by atoms with Gasteiger partial charge >= 0.3 is 0 Å². The lowest BCUT2D eigenvalue weighted by atomic mass is 9.97. The van der Waals surface area contributed by atoms with Crippen molar-refractivity contribution in [1.29, 1.82) is 0 Å². The number of hydrogen-bond donors (Lipinski definition) is 1. The maximum Gasteiger partial charge on any atom is 0.269 e. The molecule has 32 heavy (non-hydrogen) atoms. The van der Waals surface area contributed by atoms with E-state index >= 15 is 0 Å². The Labute approximate surface area is 191 Å². The minimum Gasteiger partial charge on any atom is -0.486 e. The van der Waals surface area contributed by atoms with Gasteiger partial charge in [-0.15, -0.1) is 0 Å². The summed E-state index contributed by atoms with van der Waals surface area (Å²) in [7, 11) is -3.70. The Bertz CT molecular complexity index is 1070. The molecule has 1 unspecified atom stereocenters. The zero-order valence-corrected chi connectivity index (χ0v) is 18.8. The number of fused-ring (bicyclic) bond motifs is 1. The third-order valence-electron chi connectivity index (χ3n) is 5.71. The van der Waals surface area contributed by atoms with E-state index in [0.29, 0.717) is 29.7 Å². The predicted molar refractivity (Wildman–Crippen MR) is 119 cm³/mol. The second-order valence-corrected chi connectivity index (χ2v) is 10.2. The second kappa shape index (κ2) is 9.62. The van der Waals surface area contributed by atoms with Gasteiger partial charge in [0.25, 0.3) is 5.69 Å². The highest BCUT2D eigenvalue weighted by molar-refractivity contribution is 7.89. The molecule has 2 aromatic carbocycles. The molecule has 0 aliphatic carbocycles. The van der Waals surface area contributed by atoms with Gasteiger partial charge in [0.2, 0.25) is 10.0 Å². The normalized spacial score (nSPS) is 19.6. The van der Waals surface area contributed by atoms with Crippen LogP contribution in [0.4, 0.5) is 5.69 Å². The average Bonchev–Trinajstić information content (AvgIpc) is 2.78. The Morgan fingerprint density at radius 2 is 1.84 bits per heavy atom. The van der Waals surface area contributed by atoms with E-state index in [1.807, 2.05) is 0 Å². The SMILES string of the molecule is O=[N+]([O-])c1ccc(S(=O)(=O)NCC2CCN(CC3COc4ccc(Cl)cc4O3)CC2)cc1. The Hall–Kier alpha value is -2.40. The Morgan fingerprint density at radius 3 is 2.53 bits per heavy atom. The molecule has 0 amide bonds. The Morgan fingerprint density at radius 1 is 1.12 bits per heavy atom. The average molecular weight is 482 g/mol. The number of hydrogen-bond acceptors (Lipinski definition) is 7. The van der Waals surface area contributed by atoms with Gasteiger partial charge in [-0.1, -0.05) is 11.6 Å². The molecular weight excluding hydrogens is 458 g/mol. The number of non-ortho nitro benzene ring substituents is 1. The second-order valence-electron chi connectivity index (χ2n) is 7.99. The van der Waals surface area contributed by atoms with E-state index in [9.17, 15) is 18.5 Å². The van der Waals surface area contributed by atoms with Crippen molar-refractivity contribution >= 4 is 27.3 Å². The van der Waals surface area contributed by atoms with Crippen LogP contribution in [0, 0.1) is 16.0 Å². The summed E-state index contributed by atoms with van der Waals surface area (Å²) in [6.45, 7) is 3.22. The molecule has 2 aliphatic heterocycles. The zero-order valence-electron chi connectivity index (χ0n) is 17.3. The van der Waals surface area contributed by atoms with Gasteiger partial charge in [0.15, 0.2) is 11.5 Å². The van der Waals surface area contributed by atoms with Gasteiger partial charge in [-0.2, -0.15) is 0 Å². The first-order chi connectivity index (χ1) is 15.3. The highest BCUT2D eigenvalue weighted by atomic mass is 35.5. The summed E-state index contributed by atoms with van der Waals surface area (Å²) in [5.74, 6) is 1.58. The van der Waals surface area contributed by atoms with Crippen molar-refractivity contribution in [3.63, 3.8) is 0 Å². The van der Waals surface area contributed by atoms with Crippen LogP contribution in [0.2, 0.25) is 5.02 Å². The summed E-state index contributed by atoms with van der Waals surface area (Å²) in [5.41, 5.74) is -0.143. The Balaban J connectivity index is 1.23. The van der Waals surface area contributed by atoms with Crippen LogP contribution in [-0.2, 0) is 10.0 Å². The molecular formula is C21H24ClN3O6S. The minimum atomic E-state index is -3.70. The first kappa shape index (κ1) is 22.8. The van der Waals surface area contributed by atoms with Crippen molar-refractivity contribution in [1.82, 2.24) is 9.62 Å². The van der Waals surface area contributed by atoms with E-state index in [0.717, 1.165) is 32.5 Å². The smallest absolute Gasteiger partial charge is 0.269 e. The molecule has 0 aromatic heterocycles. The van der Waals surface area contributed by atoms with Crippen LogP contribution < -0.4 is 14.2 Å². The fourth-order valence-electron chi connectivity index (χ4n) is 3.90. The molecule has 2 aromatic rings. The highest BCUT2D eigenvalue weighted by Gasteiger charge is 2.27. The first-order valence-electron chi connectivity index (χ1n) is 10.4. The monoisotopic (exact) mass is 481 g/mol. The van der Waals surface area contributed by atoms with Crippen molar-refractivity contribution in [2.45, 2.75) is 23.8 Å². The number of rotatable bonds is 7. The van der Waals surface area contributed by atoms with Crippen LogP contribution in [0.15, 0.2) is 47.4 Å². The lowest BCUT2D eigenvalue weighted by molar-refractivity contribution is -0.384. The largest absolute Gasteiger partial charge is 0.486 e. The summed E-state index contributed by atoms with van der Waals surface area (Å²) in [6, 6.07) is 10.2. The first-order valence-corrected chi connectivity index (χ1v) is 12.2. The molecule has 0 bridgehead atoms. The molecule has 1 N–H and O–H groups in total. The van der Waals surface area contributed by atoms with E-state index in [4.69, 9.17) is 21.1 Å². The van der Waals surface area contributed by atoms with Crippen molar-refractivity contribution in [2.75, 3.05) is 32.8 Å². The quantitative estimate of drug-likeness (QED) is 0.477. The van der Waals surface area contributed by atoms with Crippen molar-refractivity contribution in [3.8, 4) is 11.5 Å². The van der Waals surface area contributed by atoms with E-state index < -0.39 is 14.9 Å². The molecule has 1 atom stereocenters. The number of halogens is 1. The maximum absolute atomic E-state index is 12.5. The van der Waals surface area contributed by atoms with Crippen LogP contribution in [0.25, 0.3) is 0 Å². The molecule has 0 radical (unpaired) electrons. The number of piperidine rings is 1. The number of likely N-dealkylation sites (tertiary alicyclic amines) is 1. The summed E-state index contributed by atoms with van der Waals surface area (Å²) >= 11 is 6.03. The van der Waals surface area contributed by atoms with E-state index in [-0.39, 0.29) is 22.6 Å². The standard InChI is InChI=1S/C21H24ClN3O6S/c22-16-1-6-20-21(11-16)31-18(14-30-20)13-24-9-7-15(8-10-24)12-23-32(28,29)19-4-2-17(3-5-19)25(26)27/h1-6,11,15,18,23H,7-10,12-14H2. The Kier molecular flexibility index (Phi) is 6.85. The zero-order chi connectivity index (χ0) is 22.7. The predicted octanol–water partition coefficient (Wildman–Crippen LogP) is 3.08. The topological polar surface area (TPSA) is 111 Å². The molecule has 0 spiro atoms. The van der Waals surface area contributed by atoms with Crippen LogP contribution in [0.1, 0.15) is 12.8 Å². The molecule has 11 heteroatoms. The van der Waals surface area contributed by atoms with Crippen LogP contribution in [0.5, 0.6) is 11.5 Å². The van der Waals surface area contributed by atoms with Gasteiger partial charge in [-0.3, -0.25) is 15.0 Å². The summed E-state index contributed by atoms with van der Waals surface area (Å²) in [5, 5.41) is 11.3. The minimum absolute atomic E-state index is 0.0235. The number of nitrogens with zero attached hydrogens (tertiary/aromatic N) is 2. The van der Waals surface area contributed by atoms with E-state index in [2.05, 4.69) is 9.62 Å². The molecule has 4 rings (SSSR count). The van der Waals surface area contributed by atoms with E-state index in [1.54, 1.807) is 18.2 Å². The van der Waals surface area contributed by atoms with Gasteiger partial charge in [-0.25, -0.2) is 13.1 Å². The molecule has 9 nitrogen and oxygen atoms in total. The van der Waals surface area contributed by atoms with Crippen LogP contribution >= 0.6 is 11.6 Å². The third-order valence-corrected chi connectivity index (χ3v) is 7.39. The number of nitro benzene ring substituents is 1. The molecule has 1 saturated heterocycles. The van der Waals surface area contributed by atoms with Gasteiger partial charge in [0.1, 0.15) is 12.7 Å². The molecule has 172 valence electrons. The van der Waals surface area contributed by atoms with Gasteiger partial charge in [0, 0.05) is 36.3 Å². The molecule has 0 saturated carbocycles. The summed E-state index contributed by atoms with van der Waals surface area (Å²) in [6.07, 6.45) is 1.63. The van der Waals surface area contributed by atoms with Gasteiger partial charge in [-0.05, 0) is 56.1 Å². The lowest BCUT2D eigenvalue weighted by Crippen LogP contribution is -2.45. The van der Waals surface area contributed by atoms with Gasteiger partial charge in [0.05, 0.1) is 9.82 Å². The maximum atomic E-state index is 12.5. The van der Waals surface area contributed by atoms with Crippen molar-refractivity contribution in [2.24, 2.45) is 5.92 Å². The number of benzene rings is 2.